The van der Waals surface area contributed by atoms with E-state index in [9.17, 15) is 0 Å². The summed E-state index contributed by atoms with van der Waals surface area (Å²) in [7, 11) is 4.38. The molecular weight excluding hydrogens is 504 g/mol. The molecule has 2 aromatic heterocycles. The van der Waals surface area contributed by atoms with Crippen LogP contribution in [0.4, 0.5) is 0 Å². The van der Waals surface area contributed by atoms with Gasteiger partial charge in [0.05, 0.1) is 11.2 Å². The molecule has 6 nitrogen and oxygen atoms in total. The van der Waals surface area contributed by atoms with Gasteiger partial charge in [-0.15, -0.1) is 0 Å². The molecule has 0 bridgehead atoms. The summed E-state index contributed by atoms with van der Waals surface area (Å²) in [5, 5.41) is 1.13. The molecule has 2 aliphatic rings. The van der Waals surface area contributed by atoms with Gasteiger partial charge in [0.15, 0.2) is 0 Å². The SMILES string of the molecule is C=C(c1ccc2ncnc(CC3CCN(C)CC3)c2c1)c1cc(C(/C=C\C(=C)N2CCN(C)CC2)=C/C)cnc1C. The van der Waals surface area contributed by atoms with Crippen molar-refractivity contribution in [1.29, 1.82) is 0 Å². The van der Waals surface area contributed by atoms with Gasteiger partial charge >= 0.3 is 0 Å². The maximum atomic E-state index is 4.78. The van der Waals surface area contributed by atoms with Crippen molar-refractivity contribution in [2.45, 2.75) is 33.1 Å². The zero-order valence-electron chi connectivity index (χ0n) is 25.2. The molecule has 0 saturated carbocycles. The van der Waals surface area contributed by atoms with Gasteiger partial charge in [0, 0.05) is 60.3 Å². The number of piperazine rings is 1. The highest BCUT2D eigenvalue weighted by Crippen LogP contribution is 2.31. The average molecular weight is 549 g/mol. The van der Waals surface area contributed by atoms with Crippen molar-refractivity contribution >= 4 is 22.0 Å². The van der Waals surface area contributed by atoms with E-state index in [-0.39, 0.29) is 0 Å². The van der Waals surface area contributed by atoms with E-state index in [4.69, 9.17) is 9.97 Å². The Morgan fingerprint density at radius 3 is 2.37 bits per heavy atom. The summed E-state index contributed by atoms with van der Waals surface area (Å²) >= 11 is 0. The molecule has 4 heterocycles. The van der Waals surface area contributed by atoms with Crippen molar-refractivity contribution in [3.63, 3.8) is 0 Å². The molecule has 5 rings (SSSR count). The van der Waals surface area contributed by atoms with Crippen molar-refractivity contribution in [2.24, 2.45) is 5.92 Å². The van der Waals surface area contributed by atoms with Crippen molar-refractivity contribution < 1.29 is 0 Å². The summed E-state index contributed by atoms with van der Waals surface area (Å²) in [5.74, 6) is 0.666. The highest BCUT2D eigenvalue weighted by molar-refractivity contribution is 5.89. The predicted octanol–water partition coefficient (Wildman–Crippen LogP) is 6.00. The molecule has 0 spiro atoms. The second-order valence-corrected chi connectivity index (χ2v) is 11.7. The van der Waals surface area contributed by atoms with Crippen molar-refractivity contribution in [1.82, 2.24) is 29.7 Å². The van der Waals surface area contributed by atoms with Gasteiger partial charge in [0.25, 0.3) is 0 Å². The van der Waals surface area contributed by atoms with Gasteiger partial charge in [-0.05, 0) is 107 Å². The Kier molecular flexibility index (Phi) is 9.11. The number of likely N-dealkylation sites (N-methyl/N-ethyl adjacent to an activating group) is 1. The molecule has 41 heavy (non-hydrogen) atoms. The van der Waals surface area contributed by atoms with Gasteiger partial charge in [-0.25, -0.2) is 9.97 Å². The Hall–Kier alpha value is -3.61. The van der Waals surface area contributed by atoms with E-state index in [1.165, 1.54) is 12.8 Å². The Balaban J connectivity index is 1.37. The van der Waals surface area contributed by atoms with Crippen LogP contribution >= 0.6 is 0 Å². The number of nitrogens with zero attached hydrogens (tertiary/aromatic N) is 6. The van der Waals surface area contributed by atoms with E-state index in [1.807, 2.05) is 6.20 Å². The third kappa shape index (κ3) is 6.83. The molecule has 0 N–H and O–H groups in total. The molecular formula is C35H44N6. The monoisotopic (exact) mass is 548 g/mol. The topological polar surface area (TPSA) is 48.4 Å². The molecule has 0 amide bonds. The lowest BCUT2D eigenvalue weighted by molar-refractivity contribution is 0.190. The largest absolute Gasteiger partial charge is 0.369 e. The molecule has 0 unspecified atom stereocenters. The van der Waals surface area contributed by atoms with E-state index in [1.54, 1.807) is 6.33 Å². The van der Waals surface area contributed by atoms with Gasteiger partial charge in [-0.3, -0.25) is 4.98 Å². The van der Waals surface area contributed by atoms with Gasteiger partial charge in [0.1, 0.15) is 6.33 Å². The molecule has 1 aromatic carbocycles. The Morgan fingerprint density at radius 1 is 0.902 bits per heavy atom. The number of fused-ring (bicyclic) bond motifs is 1. The first-order chi connectivity index (χ1) is 19.8. The molecule has 2 fully saturated rings. The second kappa shape index (κ2) is 12.9. The Labute approximate surface area is 245 Å². The third-order valence-corrected chi connectivity index (χ3v) is 8.81. The number of piperidine rings is 1. The van der Waals surface area contributed by atoms with Crippen LogP contribution < -0.4 is 0 Å². The summed E-state index contributed by atoms with van der Waals surface area (Å²) in [6, 6.07) is 8.67. The Bertz CT molecular complexity index is 1470. The lowest BCUT2D eigenvalue weighted by atomic mass is 9.90. The highest BCUT2D eigenvalue weighted by atomic mass is 15.2. The summed E-state index contributed by atoms with van der Waals surface area (Å²) in [6.07, 6.45) is 13.5. The lowest BCUT2D eigenvalue weighted by Crippen LogP contribution is -2.43. The molecule has 0 radical (unpaired) electrons. The quantitative estimate of drug-likeness (QED) is 0.322. The molecule has 2 aliphatic heterocycles. The fourth-order valence-electron chi connectivity index (χ4n) is 5.90. The highest BCUT2D eigenvalue weighted by Gasteiger charge is 2.19. The molecule has 0 atom stereocenters. The molecule has 0 aliphatic carbocycles. The number of likely N-dealkylation sites (tertiary alicyclic amines) is 1. The van der Waals surface area contributed by atoms with Crippen LogP contribution in [0, 0.1) is 12.8 Å². The van der Waals surface area contributed by atoms with Crippen LogP contribution in [-0.2, 0) is 6.42 Å². The minimum absolute atomic E-state index is 0.666. The number of rotatable bonds is 8. The predicted molar refractivity (Wildman–Crippen MR) is 172 cm³/mol. The van der Waals surface area contributed by atoms with Crippen LogP contribution in [0.5, 0.6) is 0 Å². The minimum Gasteiger partial charge on any atom is -0.369 e. The summed E-state index contributed by atoms with van der Waals surface area (Å²) in [4.78, 5) is 21.2. The van der Waals surface area contributed by atoms with Crippen LogP contribution in [-0.4, -0.2) is 83.0 Å². The summed E-state index contributed by atoms with van der Waals surface area (Å²) < 4.78 is 0. The maximum Gasteiger partial charge on any atom is 0.116 e. The fraction of sp³-hybridized carbons (Fsp3) is 0.400. The fourth-order valence-corrected chi connectivity index (χ4v) is 5.90. The van der Waals surface area contributed by atoms with Crippen molar-refractivity contribution in [2.75, 3.05) is 53.4 Å². The third-order valence-electron chi connectivity index (χ3n) is 8.81. The Morgan fingerprint density at radius 2 is 1.63 bits per heavy atom. The zero-order valence-corrected chi connectivity index (χ0v) is 25.2. The number of hydrogen-bond donors (Lipinski definition) is 0. The van der Waals surface area contributed by atoms with Crippen LogP contribution in [0.25, 0.3) is 22.0 Å². The van der Waals surface area contributed by atoms with E-state index in [0.717, 1.165) is 102 Å². The summed E-state index contributed by atoms with van der Waals surface area (Å²) in [6.45, 7) is 19.5. The average Bonchev–Trinajstić information content (AvgIpc) is 2.99. The smallest absolute Gasteiger partial charge is 0.116 e. The van der Waals surface area contributed by atoms with Gasteiger partial charge in [0.2, 0.25) is 0 Å². The van der Waals surface area contributed by atoms with Crippen molar-refractivity contribution in [3.8, 4) is 0 Å². The number of aryl methyl sites for hydroxylation is 1. The van der Waals surface area contributed by atoms with E-state index in [2.05, 4.69) is 103 Å². The number of pyridine rings is 1. The molecule has 6 heteroatoms. The van der Waals surface area contributed by atoms with Crippen LogP contribution in [0.1, 0.15) is 47.8 Å². The first-order valence-electron chi connectivity index (χ1n) is 14.9. The lowest BCUT2D eigenvalue weighted by Gasteiger charge is -2.34. The summed E-state index contributed by atoms with van der Waals surface area (Å²) in [5.41, 5.74) is 9.45. The number of hydrogen-bond acceptors (Lipinski definition) is 6. The second-order valence-electron chi connectivity index (χ2n) is 11.7. The van der Waals surface area contributed by atoms with Gasteiger partial charge < -0.3 is 14.7 Å². The van der Waals surface area contributed by atoms with E-state index in [0.29, 0.717) is 5.92 Å². The molecule has 214 valence electrons. The van der Waals surface area contributed by atoms with E-state index >= 15 is 0 Å². The van der Waals surface area contributed by atoms with Crippen LogP contribution in [0.3, 0.4) is 0 Å². The maximum absolute atomic E-state index is 4.78. The van der Waals surface area contributed by atoms with Crippen LogP contribution in [0.15, 0.2) is 73.9 Å². The number of aromatic nitrogens is 3. The van der Waals surface area contributed by atoms with Gasteiger partial charge in [-0.1, -0.05) is 31.4 Å². The molecule has 3 aromatic rings. The van der Waals surface area contributed by atoms with Gasteiger partial charge in [-0.2, -0.15) is 0 Å². The number of benzene rings is 1. The first kappa shape index (κ1) is 28.9. The normalized spacial score (nSPS) is 18.0. The van der Waals surface area contributed by atoms with Crippen LogP contribution in [0.2, 0.25) is 0 Å². The minimum atomic E-state index is 0.666. The standard InChI is InChI=1S/C35H44N6/c1-7-29(9-8-25(2)41-18-16-40(6)17-19-41)31-22-32(27(4)36-23-31)26(3)30-10-11-34-33(21-30)35(38-24-37-34)20-28-12-14-39(5)15-13-28/h7-11,21-24,28H,2-3,12-20H2,1,4-6H3/b9-8-,29-7+. The van der Waals surface area contributed by atoms with E-state index < -0.39 is 0 Å². The number of allylic oxidation sites excluding steroid dienone is 4. The first-order valence-corrected chi connectivity index (χ1v) is 14.9. The molecule has 2 saturated heterocycles. The van der Waals surface area contributed by atoms with Crippen molar-refractivity contribution in [3.05, 3.63) is 102 Å². The zero-order chi connectivity index (χ0) is 28.9.